The number of primary amides is 1. The number of aromatic nitrogens is 1. The second-order valence-electron chi connectivity index (χ2n) is 3.34. The monoisotopic (exact) mass is 237 g/mol. The normalized spacial score (nSPS) is 10.3. The molecule has 0 aliphatic rings. The Kier molecular flexibility index (Phi) is 2.91. The van der Waals surface area contributed by atoms with Gasteiger partial charge in [-0.2, -0.15) is 0 Å². The Morgan fingerprint density at radius 2 is 2.44 bits per heavy atom. The van der Waals surface area contributed by atoms with Gasteiger partial charge in [-0.15, -0.1) is 11.3 Å². The van der Waals surface area contributed by atoms with Crippen molar-refractivity contribution in [3.05, 3.63) is 33.7 Å². The zero-order valence-electron chi connectivity index (χ0n) is 8.69. The Morgan fingerprint density at radius 1 is 1.62 bits per heavy atom. The van der Waals surface area contributed by atoms with Crippen LogP contribution in [-0.4, -0.2) is 11.1 Å². The van der Waals surface area contributed by atoms with E-state index in [-0.39, 0.29) is 0 Å². The Morgan fingerprint density at radius 3 is 3.00 bits per heavy atom. The topological polar surface area (TPSA) is 81.1 Å². The number of hydrogen-bond acceptors (Lipinski definition) is 5. The van der Waals surface area contributed by atoms with Gasteiger partial charge in [-0.05, 0) is 13.0 Å². The Bertz CT molecular complexity index is 504. The number of hydrogen-bond donors (Lipinski definition) is 2. The van der Waals surface area contributed by atoms with Crippen LogP contribution in [0.3, 0.4) is 0 Å². The summed E-state index contributed by atoms with van der Waals surface area (Å²) < 4.78 is 4.91. The van der Waals surface area contributed by atoms with E-state index in [4.69, 9.17) is 10.3 Å². The Balaban J connectivity index is 1.97. The molecule has 0 saturated heterocycles. The number of thiophene rings is 1. The number of rotatable bonds is 4. The van der Waals surface area contributed by atoms with E-state index in [1.165, 1.54) is 11.3 Å². The second-order valence-corrected chi connectivity index (χ2v) is 4.34. The van der Waals surface area contributed by atoms with Crippen LogP contribution in [0.1, 0.15) is 21.0 Å². The van der Waals surface area contributed by atoms with Crippen LogP contribution in [-0.2, 0) is 6.54 Å². The maximum absolute atomic E-state index is 10.9. The van der Waals surface area contributed by atoms with Crippen LogP contribution in [0.5, 0.6) is 0 Å². The zero-order chi connectivity index (χ0) is 11.5. The smallest absolute Gasteiger partial charge is 0.249 e. The van der Waals surface area contributed by atoms with E-state index >= 15 is 0 Å². The van der Waals surface area contributed by atoms with Gasteiger partial charge in [-0.3, -0.25) is 4.79 Å². The van der Waals surface area contributed by atoms with Crippen molar-refractivity contribution in [3.8, 4) is 0 Å². The molecule has 2 aromatic heterocycles. The van der Waals surface area contributed by atoms with Gasteiger partial charge < -0.3 is 15.6 Å². The third-order valence-corrected chi connectivity index (χ3v) is 2.95. The van der Waals surface area contributed by atoms with Crippen LogP contribution in [0.15, 0.2) is 22.0 Å². The molecular weight excluding hydrogens is 226 g/mol. The molecule has 0 aromatic carbocycles. The van der Waals surface area contributed by atoms with Gasteiger partial charge in [0.15, 0.2) is 5.82 Å². The molecule has 0 aliphatic carbocycles. The molecule has 0 unspecified atom stereocenters. The van der Waals surface area contributed by atoms with E-state index in [2.05, 4.69) is 10.5 Å². The number of amides is 1. The lowest BCUT2D eigenvalue weighted by atomic mass is 10.3. The van der Waals surface area contributed by atoms with Crippen molar-refractivity contribution in [2.24, 2.45) is 5.73 Å². The lowest BCUT2D eigenvalue weighted by Gasteiger charge is -1.97. The number of nitrogens with zero attached hydrogens (tertiary/aromatic N) is 1. The summed E-state index contributed by atoms with van der Waals surface area (Å²) in [4.78, 5) is 11.9. The fourth-order valence-corrected chi connectivity index (χ4v) is 2.04. The molecule has 16 heavy (non-hydrogen) atoms. The van der Waals surface area contributed by atoms with Gasteiger partial charge in [0.25, 0.3) is 0 Å². The third kappa shape index (κ3) is 2.40. The van der Waals surface area contributed by atoms with E-state index < -0.39 is 5.91 Å². The van der Waals surface area contributed by atoms with Crippen molar-refractivity contribution in [1.82, 2.24) is 5.16 Å². The van der Waals surface area contributed by atoms with Gasteiger partial charge in [0.2, 0.25) is 5.91 Å². The van der Waals surface area contributed by atoms with Crippen molar-refractivity contribution in [2.75, 3.05) is 5.32 Å². The van der Waals surface area contributed by atoms with Gasteiger partial charge in [-0.25, -0.2) is 0 Å². The SMILES string of the molecule is Cc1cc(NCc2cc(C(N)=O)cs2)no1. The minimum absolute atomic E-state index is 0.403. The first-order chi connectivity index (χ1) is 7.65. The van der Waals surface area contributed by atoms with Gasteiger partial charge >= 0.3 is 0 Å². The average molecular weight is 237 g/mol. The highest BCUT2D eigenvalue weighted by atomic mass is 32.1. The number of carbonyl (C=O) groups excluding carboxylic acids is 1. The highest BCUT2D eigenvalue weighted by Gasteiger charge is 2.05. The van der Waals surface area contributed by atoms with E-state index in [0.29, 0.717) is 17.9 Å². The number of anilines is 1. The van der Waals surface area contributed by atoms with Crippen LogP contribution < -0.4 is 11.1 Å². The number of carbonyl (C=O) groups is 1. The molecule has 3 N–H and O–H groups in total. The minimum atomic E-state index is -0.403. The fourth-order valence-electron chi connectivity index (χ4n) is 1.23. The molecule has 0 atom stereocenters. The van der Waals surface area contributed by atoms with Crippen molar-refractivity contribution in [1.29, 1.82) is 0 Å². The van der Waals surface area contributed by atoms with Gasteiger partial charge in [0.05, 0.1) is 12.1 Å². The van der Waals surface area contributed by atoms with Crippen molar-refractivity contribution >= 4 is 23.1 Å². The van der Waals surface area contributed by atoms with Crippen LogP contribution in [0.25, 0.3) is 0 Å². The van der Waals surface area contributed by atoms with E-state index in [1.54, 1.807) is 11.4 Å². The summed E-state index contributed by atoms with van der Waals surface area (Å²) in [6.07, 6.45) is 0. The molecule has 2 aromatic rings. The number of nitrogens with one attached hydrogen (secondary N) is 1. The average Bonchev–Trinajstić information content (AvgIpc) is 2.83. The summed E-state index contributed by atoms with van der Waals surface area (Å²) in [6, 6.07) is 3.58. The van der Waals surface area contributed by atoms with Gasteiger partial charge in [0, 0.05) is 16.3 Å². The third-order valence-electron chi connectivity index (χ3n) is 2.01. The fraction of sp³-hybridized carbons (Fsp3) is 0.200. The van der Waals surface area contributed by atoms with Gasteiger partial charge in [0.1, 0.15) is 5.76 Å². The molecular formula is C10H11N3O2S. The van der Waals surface area contributed by atoms with Crippen molar-refractivity contribution in [3.63, 3.8) is 0 Å². The molecule has 5 nitrogen and oxygen atoms in total. The lowest BCUT2D eigenvalue weighted by molar-refractivity contribution is 0.100. The van der Waals surface area contributed by atoms with Crippen LogP contribution in [0.4, 0.5) is 5.82 Å². The van der Waals surface area contributed by atoms with Crippen LogP contribution >= 0.6 is 11.3 Å². The molecule has 84 valence electrons. The Labute approximate surface area is 96.2 Å². The molecule has 0 bridgehead atoms. The first-order valence-electron chi connectivity index (χ1n) is 4.69. The standard InChI is InChI=1S/C10H11N3O2S/c1-6-2-9(13-15-6)12-4-8-3-7(5-16-8)10(11)14/h2-3,5H,4H2,1H3,(H2,11,14)(H,12,13). The van der Waals surface area contributed by atoms with Crippen LogP contribution in [0.2, 0.25) is 0 Å². The molecule has 1 amide bonds. The van der Waals surface area contributed by atoms with Gasteiger partial charge in [-0.1, -0.05) is 5.16 Å². The van der Waals surface area contributed by atoms with E-state index in [0.717, 1.165) is 10.6 Å². The summed E-state index contributed by atoms with van der Waals surface area (Å²) in [5, 5.41) is 8.63. The quantitative estimate of drug-likeness (QED) is 0.848. The summed E-state index contributed by atoms with van der Waals surface area (Å²) >= 11 is 1.48. The molecule has 0 radical (unpaired) electrons. The number of aryl methyl sites for hydroxylation is 1. The van der Waals surface area contributed by atoms with Crippen LogP contribution in [0, 0.1) is 6.92 Å². The predicted octanol–water partition coefficient (Wildman–Crippen LogP) is 1.76. The molecule has 0 fully saturated rings. The summed E-state index contributed by atoms with van der Waals surface area (Å²) in [5.74, 6) is 1.04. The molecule has 0 spiro atoms. The number of nitrogens with two attached hydrogens (primary N) is 1. The van der Waals surface area contributed by atoms with Crippen molar-refractivity contribution < 1.29 is 9.32 Å². The second kappa shape index (κ2) is 4.36. The largest absolute Gasteiger partial charge is 0.366 e. The lowest BCUT2D eigenvalue weighted by Crippen LogP contribution is -2.09. The molecule has 0 aliphatic heterocycles. The highest BCUT2D eigenvalue weighted by Crippen LogP contribution is 2.16. The molecule has 2 heterocycles. The predicted molar refractivity (Wildman–Crippen MR) is 61.4 cm³/mol. The summed E-state index contributed by atoms with van der Waals surface area (Å²) in [6.45, 7) is 2.43. The highest BCUT2D eigenvalue weighted by molar-refractivity contribution is 7.10. The van der Waals surface area contributed by atoms with Crippen molar-refractivity contribution in [2.45, 2.75) is 13.5 Å². The first-order valence-corrected chi connectivity index (χ1v) is 5.57. The Hall–Kier alpha value is -1.82. The van der Waals surface area contributed by atoms with E-state index in [9.17, 15) is 4.79 Å². The molecule has 2 rings (SSSR count). The minimum Gasteiger partial charge on any atom is -0.366 e. The summed E-state index contributed by atoms with van der Waals surface area (Å²) in [7, 11) is 0. The van der Waals surface area contributed by atoms with E-state index in [1.807, 2.05) is 13.0 Å². The summed E-state index contributed by atoms with van der Waals surface area (Å²) in [5.41, 5.74) is 5.70. The zero-order valence-corrected chi connectivity index (χ0v) is 9.50. The maximum Gasteiger partial charge on any atom is 0.249 e. The first kappa shape index (κ1) is 10.7. The maximum atomic E-state index is 10.9. The molecule has 0 saturated carbocycles. The molecule has 6 heteroatoms.